The van der Waals surface area contributed by atoms with Crippen molar-refractivity contribution in [3.8, 4) is 5.75 Å². The number of ether oxygens (including phenoxy) is 1. The maximum absolute atomic E-state index is 13.4. The first-order valence-electron chi connectivity index (χ1n) is 8.92. The maximum Gasteiger partial charge on any atom is 0.419 e. The van der Waals surface area contributed by atoms with Crippen molar-refractivity contribution in [2.75, 3.05) is 20.1 Å². The molecule has 3 rings (SSSR count). The molecule has 2 aromatic rings. The molecular formula is C20H19Cl2F3N2O2. The Morgan fingerprint density at radius 2 is 1.97 bits per heavy atom. The topological polar surface area (TPSA) is 41.6 Å². The number of hydrogen-bond acceptors (Lipinski definition) is 3. The van der Waals surface area contributed by atoms with Gasteiger partial charge >= 0.3 is 6.18 Å². The highest BCUT2D eigenvalue weighted by atomic mass is 35.5. The van der Waals surface area contributed by atoms with E-state index in [-0.39, 0.29) is 24.0 Å². The predicted octanol–water partition coefficient (Wildman–Crippen LogP) is 5.03. The standard InChI is InChI=1S/C20H19Cl2F3N2O2/c1-27-7-6-14(11-27)29-18-9-13(3-4-15(18)20(23,24)25)19(28)26-10-12-2-5-16(21)17(22)8-12/h2-5,8-9,14H,6-7,10-11H2,1H3,(H,26,28)/t14-/m1/s1. The molecule has 0 aromatic heterocycles. The number of carbonyl (C=O) groups is 1. The summed E-state index contributed by atoms with van der Waals surface area (Å²) in [6.45, 7) is 1.43. The second-order valence-corrected chi connectivity index (χ2v) is 7.75. The van der Waals surface area contributed by atoms with Gasteiger partial charge in [0, 0.05) is 25.2 Å². The smallest absolute Gasteiger partial charge is 0.419 e. The lowest BCUT2D eigenvalue weighted by Crippen LogP contribution is -2.25. The number of benzene rings is 2. The van der Waals surface area contributed by atoms with Crippen LogP contribution in [0.1, 0.15) is 27.9 Å². The minimum Gasteiger partial charge on any atom is -0.488 e. The van der Waals surface area contributed by atoms with Gasteiger partial charge in [-0.15, -0.1) is 0 Å². The molecule has 0 aliphatic carbocycles. The van der Waals surface area contributed by atoms with Crippen molar-refractivity contribution in [3.05, 3.63) is 63.1 Å². The average Bonchev–Trinajstić information content (AvgIpc) is 3.06. The molecule has 1 heterocycles. The number of hydrogen-bond donors (Lipinski definition) is 1. The Balaban J connectivity index is 1.76. The van der Waals surface area contributed by atoms with Gasteiger partial charge in [-0.3, -0.25) is 4.79 Å². The summed E-state index contributed by atoms with van der Waals surface area (Å²) in [5.74, 6) is -0.849. The monoisotopic (exact) mass is 446 g/mol. The molecule has 156 valence electrons. The fourth-order valence-electron chi connectivity index (χ4n) is 3.10. The lowest BCUT2D eigenvalue weighted by molar-refractivity contribution is -0.139. The van der Waals surface area contributed by atoms with Gasteiger partial charge in [0.05, 0.1) is 15.6 Å². The third-order valence-electron chi connectivity index (χ3n) is 4.63. The highest BCUT2D eigenvalue weighted by molar-refractivity contribution is 6.42. The van der Waals surface area contributed by atoms with Gasteiger partial charge in [-0.1, -0.05) is 29.3 Å². The number of nitrogens with one attached hydrogen (secondary N) is 1. The van der Waals surface area contributed by atoms with Crippen molar-refractivity contribution in [1.29, 1.82) is 0 Å². The van der Waals surface area contributed by atoms with Crippen LogP contribution in [0.5, 0.6) is 5.75 Å². The molecule has 9 heteroatoms. The van der Waals surface area contributed by atoms with Crippen LogP contribution in [0.2, 0.25) is 10.0 Å². The Labute approximate surface area is 176 Å². The molecule has 1 aliphatic heterocycles. The number of likely N-dealkylation sites (N-methyl/N-ethyl adjacent to an activating group) is 1. The predicted molar refractivity (Wildman–Crippen MR) is 106 cm³/mol. The third-order valence-corrected chi connectivity index (χ3v) is 5.37. The van der Waals surface area contributed by atoms with Gasteiger partial charge in [0.15, 0.2) is 0 Å². The van der Waals surface area contributed by atoms with E-state index in [1.165, 1.54) is 0 Å². The highest BCUT2D eigenvalue weighted by Crippen LogP contribution is 2.37. The molecule has 1 fully saturated rings. The van der Waals surface area contributed by atoms with Gasteiger partial charge in [0.25, 0.3) is 5.91 Å². The van der Waals surface area contributed by atoms with Crippen molar-refractivity contribution < 1.29 is 22.7 Å². The van der Waals surface area contributed by atoms with E-state index in [1.807, 2.05) is 11.9 Å². The molecule has 0 bridgehead atoms. The van der Waals surface area contributed by atoms with Crippen LogP contribution in [0.4, 0.5) is 13.2 Å². The van der Waals surface area contributed by atoms with Crippen LogP contribution in [0, 0.1) is 0 Å². The summed E-state index contributed by atoms with van der Waals surface area (Å²) in [7, 11) is 1.88. The Hall–Kier alpha value is -1.96. The van der Waals surface area contributed by atoms with Crippen LogP contribution < -0.4 is 10.1 Å². The number of carbonyl (C=O) groups excluding carboxylic acids is 1. The molecule has 0 unspecified atom stereocenters. The van der Waals surface area contributed by atoms with Gasteiger partial charge in [0.1, 0.15) is 11.9 Å². The van der Waals surface area contributed by atoms with Gasteiger partial charge in [0.2, 0.25) is 0 Å². The fourth-order valence-corrected chi connectivity index (χ4v) is 3.42. The number of nitrogens with zero attached hydrogens (tertiary/aromatic N) is 1. The average molecular weight is 447 g/mol. The molecule has 1 atom stereocenters. The Morgan fingerprint density at radius 1 is 1.21 bits per heavy atom. The summed E-state index contributed by atoms with van der Waals surface area (Å²) in [5.41, 5.74) is -0.0994. The van der Waals surface area contributed by atoms with Crippen LogP contribution in [0.3, 0.4) is 0 Å². The first-order chi connectivity index (χ1) is 13.6. The fraction of sp³-hybridized carbons (Fsp3) is 0.350. The van der Waals surface area contributed by atoms with Gasteiger partial charge in [-0.2, -0.15) is 13.2 Å². The number of halogens is 5. The first-order valence-corrected chi connectivity index (χ1v) is 9.67. The van der Waals surface area contributed by atoms with E-state index >= 15 is 0 Å². The lowest BCUT2D eigenvalue weighted by atomic mass is 10.1. The quantitative estimate of drug-likeness (QED) is 0.700. The van der Waals surface area contributed by atoms with Crippen molar-refractivity contribution in [2.45, 2.75) is 25.2 Å². The molecule has 2 aromatic carbocycles. The molecule has 29 heavy (non-hydrogen) atoms. The molecule has 1 N–H and O–H groups in total. The van der Waals surface area contributed by atoms with E-state index in [0.29, 0.717) is 28.6 Å². The molecule has 0 saturated carbocycles. The van der Waals surface area contributed by atoms with Crippen molar-refractivity contribution in [3.63, 3.8) is 0 Å². The largest absolute Gasteiger partial charge is 0.488 e. The number of amides is 1. The van der Waals surface area contributed by atoms with E-state index in [2.05, 4.69) is 5.32 Å². The van der Waals surface area contributed by atoms with Crippen LogP contribution in [-0.2, 0) is 12.7 Å². The second-order valence-electron chi connectivity index (χ2n) is 6.93. The van der Waals surface area contributed by atoms with Crippen LogP contribution in [0.25, 0.3) is 0 Å². The lowest BCUT2D eigenvalue weighted by Gasteiger charge is -2.19. The van der Waals surface area contributed by atoms with E-state index in [4.69, 9.17) is 27.9 Å². The van der Waals surface area contributed by atoms with Gasteiger partial charge in [-0.25, -0.2) is 0 Å². The number of alkyl halides is 3. The van der Waals surface area contributed by atoms with Crippen LogP contribution in [-0.4, -0.2) is 37.0 Å². The zero-order valence-corrected chi connectivity index (χ0v) is 17.0. The molecular weight excluding hydrogens is 428 g/mol. The SMILES string of the molecule is CN1CC[C@@H](Oc2cc(C(=O)NCc3ccc(Cl)c(Cl)c3)ccc2C(F)(F)F)C1. The van der Waals surface area contributed by atoms with Gasteiger partial charge in [-0.05, 0) is 49.4 Å². The molecule has 0 spiro atoms. The minimum atomic E-state index is -4.57. The van der Waals surface area contributed by atoms with Crippen LogP contribution >= 0.6 is 23.2 Å². The zero-order valence-electron chi connectivity index (χ0n) is 15.5. The first kappa shape index (κ1) is 21.7. The highest BCUT2D eigenvalue weighted by Gasteiger charge is 2.36. The van der Waals surface area contributed by atoms with Crippen LogP contribution in [0.15, 0.2) is 36.4 Å². The summed E-state index contributed by atoms with van der Waals surface area (Å²) in [6, 6.07) is 8.08. The summed E-state index contributed by atoms with van der Waals surface area (Å²) in [6.07, 6.45) is -4.30. The van der Waals surface area contributed by atoms with E-state index in [1.54, 1.807) is 18.2 Å². The second kappa shape index (κ2) is 8.81. The molecule has 1 saturated heterocycles. The van der Waals surface area contributed by atoms with E-state index in [0.717, 1.165) is 24.7 Å². The number of rotatable bonds is 5. The van der Waals surface area contributed by atoms with Crippen molar-refractivity contribution in [1.82, 2.24) is 10.2 Å². The summed E-state index contributed by atoms with van der Waals surface area (Å²) in [4.78, 5) is 14.4. The zero-order chi connectivity index (χ0) is 21.2. The van der Waals surface area contributed by atoms with Crippen molar-refractivity contribution in [2.24, 2.45) is 0 Å². The summed E-state index contributed by atoms with van der Waals surface area (Å²) >= 11 is 11.8. The molecule has 4 nitrogen and oxygen atoms in total. The summed E-state index contributed by atoms with van der Waals surface area (Å²) in [5, 5.41) is 3.41. The van der Waals surface area contributed by atoms with E-state index < -0.39 is 17.6 Å². The van der Waals surface area contributed by atoms with Crippen molar-refractivity contribution >= 4 is 29.1 Å². The molecule has 1 aliphatic rings. The summed E-state index contributed by atoms with van der Waals surface area (Å²) < 4.78 is 45.7. The Kier molecular flexibility index (Phi) is 6.61. The minimum absolute atomic E-state index is 0.0828. The molecule has 0 radical (unpaired) electrons. The Bertz CT molecular complexity index is 906. The normalized spacial score (nSPS) is 17.4. The maximum atomic E-state index is 13.4. The van der Waals surface area contributed by atoms with E-state index in [9.17, 15) is 18.0 Å². The number of likely N-dealkylation sites (tertiary alicyclic amines) is 1. The third kappa shape index (κ3) is 5.56. The molecule has 1 amide bonds. The van der Waals surface area contributed by atoms with Gasteiger partial charge < -0.3 is 15.0 Å². The Morgan fingerprint density at radius 3 is 2.59 bits per heavy atom.